The molecule has 5 heterocycles. The lowest BCUT2D eigenvalue weighted by Gasteiger charge is -2.26. The van der Waals surface area contributed by atoms with Gasteiger partial charge in [-0.05, 0) is 57.6 Å². The fourth-order valence-electron chi connectivity index (χ4n) is 6.18. The molecule has 1 aliphatic carbocycles. The van der Waals surface area contributed by atoms with E-state index in [1.807, 2.05) is 24.4 Å². The molecule has 4 aromatic heterocycles. The predicted octanol–water partition coefficient (Wildman–Crippen LogP) is 3.30. The van der Waals surface area contributed by atoms with Crippen LogP contribution in [0, 0.1) is 23.2 Å². The molecule has 0 bridgehead atoms. The van der Waals surface area contributed by atoms with E-state index in [9.17, 15) is 15.2 Å². The van der Waals surface area contributed by atoms with E-state index in [4.69, 9.17) is 9.97 Å². The van der Waals surface area contributed by atoms with Crippen LogP contribution in [0.5, 0.6) is 0 Å². The number of amides is 1. The summed E-state index contributed by atoms with van der Waals surface area (Å²) >= 11 is 0. The molecular weight excluding hydrogens is 492 g/mol. The van der Waals surface area contributed by atoms with Crippen molar-refractivity contribution in [2.75, 3.05) is 18.0 Å². The number of fused-ring (bicyclic) bond motifs is 2. The first kappa shape index (κ1) is 24.9. The van der Waals surface area contributed by atoms with Crippen molar-refractivity contribution >= 4 is 17.7 Å². The van der Waals surface area contributed by atoms with E-state index >= 15 is 0 Å². The van der Waals surface area contributed by atoms with Crippen molar-refractivity contribution in [3.8, 4) is 28.6 Å². The highest BCUT2D eigenvalue weighted by molar-refractivity contribution is 5.85. The molecule has 10 heteroatoms. The Labute approximate surface area is 226 Å². The van der Waals surface area contributed by atoms with Crippen molar-refractivity contribution in [2.24, 2.45) is 11.8 Å². The zero-order chi connectivity index (χ0) is 27.4. The SMILES string of the molecule is CC(C)(O)c1ccc(-c2cc(-c3cnc(N4C[C@@H]5C[C@@](C)(NC=O)C[C@@H]5C4)cn3)c3c(C#N)cnn3c2)nc1. The van der Waals surface area contributed by atoms with Gasteiger partial charge in [-0.1, -0.05) is 6.07 Å². The first-order chi connectivity index (χ1) is 18.7. The van der Waals surface area contributed by atoms with Crippen LogP contribution in [0.3, 0.4) is 0 Å². The third-order valence-corrected chi connectivity index (χ3v) is 8.15. The number of hydrogen-bond donors (Lipinski definition) is 2. The molecule has 0 spiro atoms. The lowest BCUT2D eigenvalue weighted by molar-refractivity contribution is -0.111. The summed E-state index contributed by atoms with van der Waals surface area (Å²) in [6.45, 7) is 7.35. The summed E-state index contributed by atoms with van der Waals surface area (Å²) in [5.74, 6) is 1.85. The summed E-state index contributed by atoms with van der Waals surface area (Å²) in [7, 11) is 0. The number of pyridine rings is 2. The molecule has 1 aliphatic heterocycles. The predicted molar refractivity (Wildman–Crippen MR) is 145 cm³/mol. The maximum atomic E-state index is 11.0. The molecule has 198 valence electrons. The molecule has 2 N–H and O–H groups in total. The molecule has 3 atom stereocenters. The summed E-state index contributed by atoms with van der Waals surface area (Å²) in [6, 6.07) is 7.90. The van der Waals surface area contributed by atoms with E-state index in [0.717, 1.165) is 54.8 Å². The molecule has 1 saturated carbocycles. The van der Waals surface area contributed by atoms with E-state index in [0.29, 0.717) is 34.3 Å². The molecular formula is C29H30N8O2. The van der Waals surface area contributed by atoms with Crippen LogP contribution in [-0.2, 0) is 10.4 Å². The molecule has 0 unspecified atom stereocenters. The van der Waals surface area contributed by atoms with Crippen LogP contribution < -0.4 is 10.2 Å². The summed E-state index contributed by atoms with van der Waals surface area (Å²) in [6.07, 6.45) is 11.3. The van der Waals surface area contributed by atoms with Crippen molar-refractivity contribution in [3.63, 3.8) is 0 Å². The van der Waals surface area contributed by atoms with Crippen molar-refractivity contribution in [2.45, 2.75) is 44.8 Å². The van der Waals surface area contributed by atoms with Crippen molar-refractivity contribution in [1.29, 1.82) is 5.26 Å². The summed E-state index contributed by atoms with van der Waals surface area (Å²) in [5.41, 5.74) is 3.61. The normalized spacial score (nSPS) is 22.6. The number of rotatable bonds is 6. The topological polar surface area (TPSA) is 132 Å². The largest absolute Gasteiger partial charge is 0.386 e. The highest BCUT2D eigenvalue weighted by Crippen LogP contribution is 2.44. The van der Waals surface area contributed by atoms with Crippen LogP contribution in [-0.4, -0.2) is 54.7 Å². The molecule has 2 aliphatic rings. The highest BCUT2D eigenvalue weighted by Gasteiger charge is 2.46. The van der Waals surface area contributed by atoms with Crippen LogP contribution in [0.25, 0.3) is 28.0 Å². The fraction of sp³-hybridized carbons (Fsp3) is 0.379. The Balaban J connectivity index is 1.31. The molecule has 2 fully saturated rings. The Kier molecular flexibility index (Phi) is 5.84. The number of nitriles is 1. The van der Waals surface area contributed by atoms with Gasteiger partial charge >= 0.3 is 0 Å². The van der Waals surface area contributed by atoms with Gasteiger partial charge in [0.1, 0.15) is 11.9 Å². The number of aliphatic hydroxyl groups is 1. The number of aromatic nitrogens is 5. The maximum absolute atomic E-state index is 11.0. The second-order valence-electron chi connectivity index (χ2n) is 11.5. The zero-order valence-electron chi connectivity index (χ0n) is 22.2. The van der Waals surface area contributed by atoms with Crippen LogP contribution in [0.15, 0.2) is 49.2 Å². The fourth-order valence-corrected chi connectivity index (χ4v) is 6.18. The minimum absolute atomic E-state index is 0.123. The number of carbonyl (C=O) groups excluding carboxylic acids is 1. The van der Waals surface area contributed by atoms with Gasteiger partial charge in [0.05, 0.1) is 46.7 Å². The van der Waals surface area contributed by atoms with Gasteiger partial charge in [-0.15, -0.1) is 0 Å². The molecule has 1 amide bonds. The summed E-state index contributed by atoms with van der Waals surface area (Å²) < 4.78 is 1.68. The first-order valence-corrected chi connectivity index (χ1v) is 13.1. The first-order valence-electron chi connectivity index (χ1n) is 13.1. The van der Waals surface area contributed by atoms with Gasteiger partial charge in [0.2, 0.25) is 6.41 Å². The Bertz CT molecular complexity index is 1570. The summed E-state index contributed by atoms with van der Waals surface area (Å²) in [5, 5.41) is 27.4. The van der Waals surface area contributed by atoms with Gasteiger partial charge in [-0.25, -0.2) is 9.50 Å². The van der Waals surface area contributed by atoms with Gasteiger partial charge < -0.3 is 15.3 Å². The van der Waals surface area contributed by atoms with Crippen molar-refractivity contribution in [3.05, 3.63) is 60.3 Å². The third-order valence-electron chi connectivity index (χ3n) is 8.15. The number of nitrogens with zero attached hydrogens (tertiary/aromatic N) is 7. The third kappa shape index (κ3) is 4.49. The molecule has 39 heavy (non-hydrogen) atoms. The van der Waals surface area contributed by atoms with Crippen LogP contribution in [0.4, 0.5) is 5.82 Å². The smallest absolute Gasteiger partial charge is 0.207 e. The van der Waals surface area contributed by atoms with Gasteiger partial charge in [0, 0.05) is 47.7 Å². The minimum atomic E-state index is -0.984. The highest BCUT2D eigenvalue weighted by atomic mass is 16.3. The van der Waals surface area contributed by atoms with Crippen LogP contribution in [0.1, 0.15) is 44.7 Å². The molecule has 1 saturated heterocycles. The standard InChI is InChI=1S/C29H30N8O2/c1-28(2,39)22-4-5-24(31-11-22)18-6-23(27-21(9-30)10-35-37(27)16-18)25-12-33-26(13-32-25)36-14-19-7-29(3,34-17-38)8-20(19)15-36/h4-6,10-13,16-17,19-20,39H,7-8,14-15H2,1-3H3,(H,34,38)/t19-,20+,29+. The van der Waals surface area contributed by atoms with Crippen LogP contribution in [0.2, 0.25) is 0 Å². The molecule has 0 aromatic carbocycles. The lowest BCUT2D eigenvalue weighted by Crippen LogP contribution is -2.40. The van der Waals surface area contributed by atoms with Gasteiger partial charge in [0.15, 0.2) is 0 Å². The zero-order valence-corrected chi connectivity index (χ0v) is 22.2. The van der Waals surface area contributed by atoms with E-state index < -0.39 is 5.60 Å². The number of anilines is 1. The number of nitrogens with one attached hydrogen (secondary N) is 1. The van der Waals surface area contributed by atoms with E-state index in [2.05, 4.69) is 33.3 Å². The second kappa shape index (κ2) is 9.13. The average Bonchev–Trinajstić information content (AvgIpc) is 3.59. The van der Waals surface area contributed by atoms with Gasteiger partial charge in [0.25, 0.3) is 0 Å². The van der Waals surface area contributed by atoms with E-state index in [1.165, 1.54) is 0 Å². The Morgan fingerprint density at radius 2 is 1.85 bits per heavy atom. The summed E-state index contributed by atoms with van der Waals surface area (Å²) in [4.78, 5) is 27.4. The number of hydrogen-bond acceptors (Lipinski definition) is 8. The average molecular weight is 523 g/mol. The van der Waals surface area contributed by atoms with E-state index in [1.54, 1.807) is 43.2 Å². The second-order valence-corrected chi connectivity index (χ2v) is 11.5. The monoisotopic (exact) mass is 522 g/mol. The quantitative estimate of drug-likeness (QED) is 0.369. The molecule has 10 nitrogen and oxygen atoms in total. The molecule has 6 rings (SSSR count). The Morgan fingerprint density at radius 1 is 1.10 bits per heavy atom. The van der Waals surface area contributed by atoms with Crippen molar-refractivity contribution in [1.82, 2.24) is 29.9 Å². The molecule has 0 radical (unpaired) electrons. The van der Waals surface area contributed by atoms with Gasteiger partial charge in [-0.2, -0.15) is 10.4 Å². The Hall–Kier alpha value is -4.36. The molecule has 4 aromatic rings. The Morgan fingerprint density at radius 3 is 2.44 bits per heavy atom. The minimum Gasteiger partial charge on any atom is -0.386 e. The van der Waals surface area contributed by atoms with Crippen LogP contribution >= 0.6 is 0 Å². The van der Waals surface area contributed by atoms with E-state index in [-0.39, 0.29) is 5.54 Å². The lowest BCUT2D eigenvalue weighted by atomic mass is 9.98. The van der Waals surface area contributed by atoms with Crippen molar-refractivity contribution < 1.29 is 9.90 Å². The number of carbonyl (C=O) groups is 1. The van der Waals surface area contributed by atoms with Gasteiger partial charge in [-0.3, -0.25) is 14.8 Å². The maximum Gasteiger partial charge on any atom is 0.207 e.